The number of carbonyl (C=O) groups excluding carboxylic acids is 1. The van der Waals surface area contributed by atoms with E-state index in [1.54, 1.807) is 26.0 Å². The van der Waals surface area contributed by atoms with E-state index in [1.807, 2.05) is 38.4 Å². The molecule has 0 radical (unpaired) electrons. The first-order valence-electron chi connectivity index (χ1n) is 9.83. The van der Waals surface area contributed by atoms with Crippen molar-refractivity contribution in [1.82, 2.24) is 9.62 Å². The van der Waals surface area contributed by atoms with Crippen molar-refractivity contribution in [3.05, 3.63) is 54.1 Å². The summed E-state index contributed by atoms with van der Waals surface area (Å²) in [6.07, 6.45) is 0.914. The van der Waals surface area contributed by atoms with Gasteiger partial charge in [-0.2, -0.15) is 4.72 Å². The van der Waals surface area contributed by atoms with Gasteiger partial charge >= 0.3 is 0 Å². The minimum Gasteiger partial charge on any atom is -0.497 e. The highest BCUT2D eigenvalue weighted by molar-refractivity contribution is 7.89. The topological polar surface area (TPSA) is 87.7 Å². The van der Waals surface area contributed by atoms with Crippen molar-refractivity contribution >= 4 is 21.6 Å². The Morgan fingerprint density at radius 1 is 1.03 bits per heavy atom. The molecule has 0 aliphatic carbocycles. The predicted octanol–water partition coefficient (Wildman–Crippen LogP) is 2.74. The Kier molecular flexibility index (Phi) is 8.40. The highest BCUT2D eigenvalue weighted by Crippen LogP contribution is 2.18. The molecule has 2 N–H and O–H groups in total. The van der Waals surface area contributed by atoms with Crippen molar-refractivity contribution in [3.8, 4) is 5.75 Å². The maximum atomic E-state index is 12.8. The summed E-state index contributed by atoms with van der Waals surface area (Å²) in [5.41, 5.74) is 1.80. The van der Waals surface area contributed by atoms with Crippen LogP contribution in [-0.4, -0.2) is 53.0 Å². The van der Waals surface area contributed by atoms with Gasteiger partial charge < -0.3 is 15.0 Å². The molecule has 2 aromatic carbocycles. The van der Waals surface area contributed by atoms with Crippen LogP contribution < -0.4 is 14.8 Å². The predicted molar refractivity (Wildman–Crippen MR) is 119 cm³/mol. The van der Waals surface area contributed by atoms with Gasteiger partial charge in [0, 0.05) is 12.2 Å². The second-order valence-corrected chi connectivity index (χ2v) is 9.47. The lowest BCUT2D eigenvalue weighted by atomic mass is 10.0. The molecule has 0 unspecified atom stereocenters. The number of nitrogens with zero attached hydrogens (tertiary/aromatic N) is 1. The Morgan fingerprint density at radius 3 is 2.13 bits per heavy atom. The van der Waals surface area contributed by atoms with Gasteiger partial charge in [-0.1, -0.05) is 26.0 Å². The number of amides is 1. The molecule has 2 aromatic rings. The molecule has 1 atom stereocenters. The Hall–Kier alpha value is -2.42. The van der Waals surface area contributed by atoms with Gasteiger partial charge in [-0.3, -0.25) is 4.79 Å². The van der Waals surface area contributed by atoms with Crippen molar-refractivity contribution in [1.29, 1.82) is 0 Å². The normalized spacial score (nSPS) is 12.8. The maximum Gasteiger partial charge on any atom is 0.242 e. The minimum absolute atomic E-state index is 0.0759. The molecule has 0 fully saturated rings. The largest absolute Gasteiger partial charge is 0.497 e. The van der Waals surface area contributed by atoms with Crippen LogP contribution in [0.3, 0.4) is 0 Å². The summed E-state index contributed by atoms with van der Waals surface area (Å²) < 4.78 is 33.1. The van der Waals surface area contributed by atoms with Crippen LogP contribution in [0.25, 0.3) is 0 Å². The molecule has 0 aliphatic rings. The molecule has 7 nitrogen and oxygen atoms in total. The first-order valence-corrected chi connectivity index (χ1v) is 11.3. The number of methoxy groups -OCH3 is 1. The number of carbonyl (C=O) groups is 1. The monoisotopic (exact) mass is 433 g/mol. The first-order chi connectivity index (χ1) is 14.1. The number of likely N-dealkylation sites (N-methyl/N-ethyl adjacent to an activating group) is 1. The second-order valence-electron chi connectivity index (χ2n) is 7.76. The van der Waals surface area contributed by atoms with Gasteiger partial charge in [-0.25, -0.2) is 8.42 Å². The molecule has 0 aliphatic heterocycles. The molecular weight excluding hydrogens is 402 g/mol. The van der Waals surface area contributed by atoms with Gasteiger partial charge in [-0.05, 0) is 68.4 Å². The standard InChI is InChI=1S/C22H31N3O4S/c1-16(2)21(24-30(27,28)20-12-10-19(29-5)11-13-20)22(26)23-18-8-6-17(7-9-18)14-15-25(3)4/h6-13,16,21,24H,14-15H2,1-5H3,(H,23,26)/t21-/m0/s1. The summed E-state index contributed by atoms with van der Waals surface area (Å²) in [6, 6.07) is 12.7. The number of nitrogens with one attached hydrogen (secondary N) is 2. The van der Waals surface area contributed by atoms with E-state index < -0.39 is 22.0 Å². The average Bonchev–Trinajstić information content (AvgIpc) is 2.71. The number of hydrogen-bond donors (Lipinski definition) is 2. The van der Waals surface area contributed by atoms with Gasteiger partial charge in [0.1, 0.15) is 11.8 Å². The molecular formula is C22H31N3O4S. The van der Waals surface area contributed by atoms with Crippen molar-refractivity contribution in [2.75, 3.05) is 33.1 Å². The molecule has 8 heteroatoms. The van der Waals surface area contributed by atoms with E-state index in [0.29, 0.717) is 11.4 Å². The number of anilines is 1. The Balaban J connectivity index is 2.08. The number of ether oxygens (including phenoxy) is 1. The summed E-state index contributed by atoms with van der Waals surface area (Å²) in [5, 5.41) is 2.81. The molecule has 0 aromatic heterocycles. The summed E-state index contributed by atoms with van der Waals surface area (Å²) in [7, 11) is 1.69. The lowest BCUT2D eigenvalue weighted by Gasteiger charge is -2.22. The fourth-order valence-electron chi connectivity index (χ4n) is 2.81. The number of rotatable bonds is 10. The molecule has 30 heavy (non-hydrogen) atoms. The van der Waals surface area contributed by atoms with Crippen LogP contribution in [-0.2, 0) is 21.2 Å². The lowest BCUT2D eigenvalue weighted by Crippen LogP contribution is -2.47. The number of hydrogen-bond acceptors (Lipinski definition) is 5. The smallest absolute Gasteiger partial charge is 0.242 e. The zero-order chi connectivity index (χ0) is 22.3. The van der Waals surface area contributed by atoms with Crippen LogP contribution >= 0.6 is 0 Å². The molecule has 164 valence electrons. The van der Waals surface area contributed by atoms with Crippen LogP contribution in [0.2, 0.25) is 0 Å². The van der Waals surface area contributed by atoms with Crippen LogP contribution in [0, 0.1) is 5.92 Å². The van der Waals surface area contributed by atoms with Gasteiger partial charge in [0.05, 0.1) is 12.0 Å². The zero-order valence-corrected chi connectivity index (χ0v) is 19.0. The number of sulfonamides is 1. The minimum atomic E-state index is -3.86. The molecule has 0 saturated carbocycles. The Labute approximate surface area is 179 Å². The zero-order valence-electron chi connectivity index (χ0n) is 18.2. The van der Waals surface area contributed by atoms with E-state index in [-0.39, 0.29) is 10.8 Å². The highest BCUT2D eigenvalue weighted by atomic mass is 32.2. The summed E-state index contributed by atoms with van der Waals surface area (Å²) in [6.45, 7) is 4.53. The van der Waals surface area contributed by atoms with E-state index in [2.05, 4.69) is 14.9 Å². The quantitative estimate of drug-likeness (QED) is 0.602. The van der Waals surface area contributed by atoms with Gasteiger partial charge in [0.25, 0.3) is 0 Å². The van der Waals surface area contributed by atoms with E-state index in [9.17, 15) is 13.2 Å². The van der Waals surface area contributed by atoms with E-state index in [0.717, 1.165) is 13.0 Å². The van der Waals surface area contributed by atoms with Gasteiger partial charge in [0.2, 0.25) is 15.9 Å². The van der Waals surface area contributed by atoms with E-state index in [1.165, 1.54) is 24.8 Å². The summed E-state index contributed by atoms with van der Waals surface area (Å²) in [4.78, 5) is 15.0. The van der Waals surface area contributed by atoms with Crippen LogP contribution in [0.15, 0.2) is 53.4 Å². The fraction of sp³-hybridized carbons (Fsp3) is 0.409. The van der Waals surface area contributed by atoms with Crippen molar-refractivity contribution < 1.29 is 17.9 Å². The maximum absolute atomic E-state index is 12.8. The second kappa shape index (κ2) is 10.6. The van der Waals surface area contributed by atoms with Crippen molar-refractivity contribution in [2.24, 2.45) is 5.92 Å². The number of benzene rings is 2. The molecule has 2 rings (SSSR count). The van der Waals surface area contributed by atoms with Gasteiger partial charge in [0.15, 0.2) is 0 Å². The average molecular weight is 434 g/mol. The van der Waals surface area contributed by atoms with Crippen LogP contribution in [0.1, 0.15) is 19.4 Å². The molecule has 0 saturated heterocycles. The van der Waals surface area contributed by atoms with Gasteiger partial charge in [-0.15, -0.1) is 0 Å². The molecule has 0 bridgehead atoms. The van der Waals surface area contributed by atoms with Crippen molar-refractivity contribution in [2.45, 2.75) is 31.2 Å². The molecule has 0 heterocycles. The first kappa shape index (κ1) is 23.9. The van der Waals surface area contributed by atoms with Crippen LogP contribution in [0.5, 0.6) is 5.75 Å². The molecule has 1 amide bonds. The fourth-order valence-corrected chi connectivity index (χ4v) is 4.15. The Bertz CT molecular complexity index is 924. The summed E-state index contributed by atoms with van der Waals surface area (Å²) >= 11 is 0. The van der Waals surface area contributed by atoms with E-state index in [4.69, 9.17) is 4.74 Å². The third kappa shape index (κ3) is 6.83. The lowest BCUT2D eigenvalue weighted by molar-refractivity contribution is -0.118. The van der Waals surface area contributed by atoms with Crippen molar-refractivity contribution in [3.63, 3.8) is 0 Å². The summed E-state index contributed by atoms with van der Waals surface area (Å²) in [5.74, 6) is -0.0818. The SMILES string of the molecule is COc1ccc(S(=O)(=O)N[C@H](C(=O)Nc2ccc(CCN(C)C)cc2)C(C)C)cc1. The third-order valence-electron chi connectivity index (χ3n) is 4.67. The Morgan fingerprint density at radius 2 is 1.63 bits per heavy atom. The third-order valence-corrected chi connectivity index (χ3v) is 6.13. The highest BCUT2D eigenvalue weighted by Gasteiger charge is 2.28. The van der Waals surface area contributed by atoms with E-state index >= 15 is 0 Å². The van der Waals surface area contributed by atoms with Crippen LogP contribution in [0.4, 0.5) is 5.69 Å². The molecule has 0 spiro atoms.